The maximum absolute atomic E-state index is 11.7. The second kappa shape index (κ2) is 8.27. The number of esters is 1. The van der Waals surface area contributed by atoms with Gasteiger partial charge in [0.1, 0.15) is 6.10 Å². The highest BCUT2D eigenvalue weighted by molar-refractivity contribution is 5.66. The highest BCUT2D eigenvalue weighted by Crippen LogP contribution is 2.69. The Labute approximate surface area is 194 Å². The van der Waals surface area contributed by atoms with Gasteiger partial charge in [0.15, 0.2) is 5.79 Å². The van der Waals surface area contributed by atoms with Gasteiger partial charge in [-0.25, -0.2) is 0 Å². The third-order valence-electron chi connectivity index (χ3n) is 10.00. The van der Waals surface area contributed by atoms with Crippen LogP contribution in [-0.2, 0) is 14.3 Å². The maximum Gasteiger partial charge on any atom is 0.302 e. The number of hydrogen-bond acceptors (Lipinski definition) is 4. The van der Waals surface area contributed by atoms with E-state index >= 15 is 0 Å². The van der Waals surface area contributed by atoms with Crippen LogP contribution in [0.3, 0.4) is 0 Å². The van der Waals surface area contributed by atoms with Crippen LogP contribution in [0, 0.1) is 40.4 Å². The molecule has 4 fully saturated rings. The Morgan fingerprint density at radius 3 is 2.47 bits per heavy atom. The Morgan fingerprint density at radius 1 is 1.16 bits per heavy atom. The summed E-state index contributed by atoms with van der Waals surface area (Å²) < 4.78 is 12.2. The normalized spacial score (nSPS) is 47.3. The van der Waals surface area contributed by atoms with Crippen LogP contribution in [0.25, 0.3) is 0 Å². The van der Waals surface area contributed by atoms with Crippen molar-refractivity contribution in [3.05, 3.63) is 24.3 Å². The van der Waals surface area contributed by atoms with Gasteiger partial charge in [0, 0.05) is 12.8 Å². The molecule has 0 spiro atoms. The molecule has 0 bridgehead atoms. The molecule has 0 saturated heterocycles. The Morgan fingerprint density at radius 2 is 1.88 bits per heavy atom. The number of carbonyl (C=O) groups excluding carboxylic acids is 1. The molecule has 4 rings (SSSR count). The molecule has 0 heterocycles. The van der Waals surface area contributed by atoms with E-state index in [0.717, 1.165) is 19.3 Å². The first-order chi connectivity index (χ1) is 14.9. The quantitative estimate of drug-likeness (QED) is 0.326. The lowest BCUT2D eigenvalue weighted by atomic mass is 9.42. The van der Waals surface area contributed by atoms with Gasteiger partial charge in [0.05, 0.1) is 6.10 Å². The molecule has 9 atom stereocenters. The van der Waals surface area contributed by atoms with Crippen LogP contribution in [0.5, 0.6) is 0 Å². The molecule has 0 aliphatic heterocycles. The fourth-order valence-electron chi connectivity index (χ4n) is 8.75. The molecule has 4 saturated carbocycles. The molecule has 0 amide bonds. The van der Waals surface area contributed by atoms with E-state index in [2.05, 4.69) is 39.5 Å². The predicted octanol–water partition coefficient (Wildman–Crippen LogP) is 6.04. The molecule has 0 aromatic heterocycles. The minimum Gasteiger partial charge on any atom is -0.463 e. The van der Waals surface area contributed by atoms with Crippen LogP contribution in [0.1, 0.15) is 86.5 Å². The highest BCUT2D eigenvalue weighted by atomic mass is 16.6. The summed E-state index contributed by atoms with van der Waals surface area (Å²) >= 11 is 0. The van der Waals surface area contributed by atoms with Crippen LogP contribution < -0.4 is 0 Å². The number of ether oxygens (including phenoxy) is 2. The second-order valence-corrected chi connectivity index (χ2v) is 12.1. The van der Waals surface area contributed by atoms with E-state index in [1.165, 1.54) is 32.6 Å². The zero-order valence-corrected chi connectivity index (χ0v) is 21.0. The van der Waals surface area contributed by atoms with Gasteiger partial charge in [0.25, 0.3) is 0 Å². The Bertz CT molecular complexity index is 779. The van der Waals surface area contributed by atoms with Gasteiger partial charge >= 0.3 is 5.97 Å². The zero-order chi connectivity index (χ0) is 23.5. The van der Waals surface area contributed by atoms with E-state index in [1.54, 1.807) is 19.4 Å². The van der Waals surface area contributed by atoms with Crippen molar-refractivity contribution >= 4 is 5.97 Å². The first-order valence-electron chi connectivity index (χ1n) is 12.8. The summed E-state index contributed by atoms with van der Waals surface area (Å²) in [5, 5.41) is 10.8. The number of rotatable bonds is 4. The Kier molecular flexibility index (Phi) is 6.20. The molecule has 1 N–H and O–H groups in total. The van der Waals surface area contributed by atoms with Crippen LogP contribution >= 0.6 is 0 Å². The summed E-state index contributed by atoms with van der Waals surface area (Å²) in [6, 6.07) is 0. The van der Waals surface area contributed by atoms with Crippen molar-refractivity contribution in [3.63, 3.8) is 0 Å². The van der Waals surface area contributed by atoms with E-state index in [9.17, 15) is 9.90 Å². The fraction of sp³-hybridized carbons (Fsp3) is 0.821. The lowest BCUT2D eigenvalue weighted by Gasteiger charge is -2.65. The molecule has 32 heavy (non-hydrogen) atoms. The average Bonchev–Trinajstić information content (AvgIpc) is 3.04. The van der Waals surface area contributed by atoms with Gasteiger partial charge in [-0.3, -0.25) is 4.79 Å². The first kappa shape index (κ1) is 24.0. The van der Waals surface area contributed by atoms with Gasteiger partial charge in [-0.05, 0) is 100 Å². The molecule has 0 radical (unpaired) electrons. The molecule has 4 aliphatic carbocycles. The average molecular weight is 445 g/mol. The van der Waals surface area contributed by atoms with E-state index < -0.39 is 5.79 Å². The van der Waals surface area contributed by atoms with Crippen molar-refractivity contribution in [2.75, 3.05) is 0 Å². The molecular formula is C28H44O4. The number of allylic oxidation sites excluding steroid dienone is 2. The molecule has 4 nitrogen and oxygen atoms in total. The summed E-state index contributed by atoms with van der Waals surface area (Å²) in [7, 11) is 0. The summed E-state index contributed by atoms with van der Waals surface area (Å²) in [5.74, 6) is 0.651. The molecule has 4 aliphatic rings. The summed E-state index contributed by atoms with van der Waals surface area (Å²) in [4.78, 5) is 11.7. The molecular weight excluding hydrogens is 400 g/mol. The summed E-state index contributed by atoms with van der Waals surface area (Å²) in [5.41, 5.74) is 2.03. The Hall–Kier alpha value is -1.13. The third kappa shape index (κ3) is 3.79. The minimum absolute atomic E-state index is 0.0256. The first-order valence-corrected chi connectivity index (χ1v) is 12.8. The topological polar surface area (TPSA) is 55.8 Å². The predicted molar refractivity (Wildman–Crippen MR) is 127 cm³/mol. The lowest BCUT2D eigenvalue weighted by Crippen LogP contribution is -2.63. The smallest absolute Gasteiger partial charge is 0.302 e. The van der Waals surface area contributed by atoms with Crippen molar-refractivity contribution in [1.29, 1.82) is 0 Å². The SMILES string of the molecule is C=C[C@@H]1C2C[C@H](OC(C)=O)CC[C@]2(C)C2CC[C@]3(C)/C(=C\C)CCC3C2[C@H]1OC(C)(C)O. The number of hydrogen-bond donors (Lipinski definition) is 1. The number of fused-ring (bicyclic) bond motifs is 5. The van der Waals surface area contributed by atoms with Crippen molar-refractivity contribution in [2.24, 2.45) is 40.4 Å². The largest absolute Gasteiger partial charge is 0.463 e. The van der Waals surface area contributed by atoms with Gasteiger partial charge in [0.2, 0.25) is 0 Å². The standard InChI is InChI=1S/C28H44O4/c1-8-18-10-11-21-24-22(13-15-27(18,21)6)28(7)14-12-19(31-17(3)29)16-23(28)20(9-2)25(24)32-26(4,5)30/h8-9,19-25,30H,2,10-16H2,1,3-7H3/b18-8-/t19-,20-,21?,22?,23?,24?,25+,27-,28-/m1/s1. The lowest BCUT2D eigenvalue weighted by molar-refractivity contribution is -0.277. The van der Waals surface area contributed by atoms with Crippen LogP contribution in [0.4, 0.5) is 0 Å². The van der Waals surface area contributed by atoms with Crippen molar-refractivity contribution in [1.82, 2.24) is 0 Å². The van der Waals surface area contributed by atoms with Gasteiger partial charge in [-0.2, -0.15) is 0 Å². The molecule has 0 aromatic carbocycles. The third-order valence-corrected chi connectivity index (χ3v) is 10.00. The van der Waals surface area contributed by atoms with E-state index in [-0.39, 0.29) is 34.9 Å². The van der Waals surface area contributed by atoms with Gasteiger partial charge < -0.3 is 14.6 Å². The minimum atomic E-state index is -1.19. The fourth-order valence-corrected chi connectivity index (χ4v) is 8.75. The Balaban J connectivity index is 1.77. The second-order valence-electron chi connectivity index (χ2n) is 12.1. The monoisotopic (exact) mass is 444 g/mol. The van der Waals surface area contributed by atoms with Crippen molar-refractivity contribution in [2.45, 2.75) is 104 Å². The van der Waals surface area contributed by atoms with Crippen LogP contribution in [-0.4, -0.2) is 29.1 Å². The van der Waals surface area contributed by atoms with E-state index in [1.807, 2.05) is 0 Å². The van der Waals surface area contributed by atoms with Gasteiger partial charge in [-0.15, -0.1) is 6.58 Å². The van der Waals surface area contributed by atoms with E-state index in [4.69, 9.17) is 9.47 Å². The molecule has 0 aromatic rings. The van der Waals surface area contributed by atoms with E-state index in [0.29, 0.717) is 23.7 Å². The zero-order valence-electron chi connectivity index (χ0n) is 21.0. The summed E-state index contributed by atoms with van der Waals surface area (Å²) in [6.07, 6.45) is 12.1. The van der Waals surface area contributed by atoms with Gasteiger partial charge in [-0.1, -0.05) is 31.6 Å². The molecule has 4 unspecified atom stereocenters. The van der Waals surface area contributed by atoms with Crippen molar-refractivity contribution < 1.29 is 19.4 Å². The molecule has 4 heteroatoms. The number of carbonyl (C=O) groups is 1. The maximum atomic E-state index is 11.7. The van der Waals surface area contributed by atoms with Crippen molar-refractivity contribution in [3.8, 4) is 0 Å². The van der Waals surface area contributed by atoms with Crippen LogP contribution in [0.2, 0.25) is 0 Å². The molecule has 180 valence electrons. The summed E-state index contributed by atoms with van der Waals surface area (Å²) in [6.45, 7) is 16.5. The van der Waals surface area contributed by atoms with Crippen LogP contribution in [0.15, 0.2) is 24.3 Å². The number of aliphatic hydroxyl groups is 1. The highest BCUT2D eigenvalue weighted by Gasteiger charge is 2.64.